The van der Waals surface area contributed by atoms with Crippen molar-refractivity contribution in [1.29, 1.82) is 0 Å². The van der Waals surface area contributed by atoms with E-state index < -0.39 is 22.5 Å². The van der Waals surface area contributed by atoms with Gasteiger partial charge in [0.1, 0.15) is 17.6 Å². The summed E-state index contributed by atoms with van der Waals surface area (Å²) in [6.45, 7) is 6.03. The van der Waals surface area contributed by atoms with E-state index in [4.69, 9.17) is 23.1 Å². The van der Waals surface area contributed by atoms with E-state index in [9.17, 15) is 8.42 Å². The van der Waals surface area contributed by atoms with Crippen molar-refractivity contribution in [2.75, 3.05) is 32.7 Å². The molecule has 0 saturated carbocycles. The summed E-state index contributed by atoms with van der Waals surface area (Å²) in [5, 5.41) is 0. The second kappa shape index (κ2) is 34.2. The Morgan fingerprint density at radius 3 is 1.35 bits per heavy atom. The van der Waals surface area contributed by atoms with E-state index in [1.54, 1.807) is 0 Å². The first-order valence-electron chi connectivity index (χ1n) is 22.7. The molecule has 7 nitrogen and oxygen atoms in total. The summed E-state index contributed by atoms with van der Waals surface area (Å²) in [7, 11) is -3.55. The van der Waals surface area contributed by atoms with E-state index in [2.05, 4.69) is 38.2 Å². The van der Waals surface area contributed by atoms with Crippen molar-refractivity contribution in [3.63, 3.8) is 0 Å². The van der Waals surface area contributed by atoms with E-state index in [-0.39, 0.29) is 13.2 Å². The van der Waals surface area contributed by atoms with Gasteiger partial charge in [-0.1, -0.05) is 154 Å². The maximum Gasteiger partial charge on any atom is 0.264 e. The molecule has 2 atom stereocenters. The molecule has 0 aliphatic carbocycles. The highest BCUT2D eigenvalue weighted by Crippen LogP contribution is 2.33. The third-order valence-corrected chi connectivity index (χ3v) is 10.8. The van der Waals surface area contributed by atoms with Crippen LogP contribution < -0.4 is 9.47 Å². The second-order valence-electron chi connectivity index (χ2n) is 15.7. The van der Waals surface area contributed by atoms with Gasteiger partial charge in [0.25, 0.3) is 10.1 Å². The van der Waals surface area contributed by atoms with Crippen molar-refractivity contribution in [3.8, 4) is 11.5 Å². The van der Waals surface area contributed by atoms with E-state index in [0.717, 1.165) is 49.0 Å². The average Bonchev–Trinajstić information content (AvgIpc) is 3.66. The zero-order chi connectivity index (χ0) is 39.5. The molecule has 0 N–H and O–H groups in total. The number of rotatable bonds is 38. The molecule has 1 saturated heterocycles. The molecule has 55 heavy (non-hydrogen) atoms. The maximum atomic E-state index is 11.5. The average molecular weight is 791 g/mol. The fourth-order valence-electron chi connectivity index (χ4n) is 6.89. The highest BCUT2D eigenvalue weighted by molar-refractivity contribution is 7.85. The predicted octanol–water partition coefficient (Wildman–Crippen LogP) is 13.9. The van der Waals surface area contributed by atoms with Gasteiger partial charge in [0, 0.05) is 11.6 Å². The van der Waals surface area contributed by atoms with Gasteiger partial charge in [-0.2, -0.15) is 8.42 Å². The zero-order valence-corrected chi connectivity index (χ0v) is 36.4. The molecule has 2 unspecified atom stereocenters. The molecule has 1 heterocycles. The van der Waals surface area contributed by atoms with Crippen LogP contribution in [0.1, 0.15) is 205 Å². The molecule has 0 aromatic heterocycles. The number of hydrogen-bond acceptors (Lipinski definition) is 7. The minimum atomic E-state index is -3.55. The van der Waals surface area contributed by atoms with Gasteiger partial charge in [0.2, 0.25) is 0 Å². The van der Waals surface area contributed by atoms with Gasteiger partial charge in [0.15, 0.2) is 6.29 Å². The van der Waals surface area contributed by atoms with Crippen LogP contribution in [-0.2, 0) is 23.8 Å². The highest BCUT2D eigenvalue weighted by atomic mass is 32.2. The SMILES string of the molecule is CCCCCCCC/C=C\CCCCCCCCOc1cc(OCCCCCCCC/C=C\CCCCCCCC)cc(C2OCC(COS(C)(=O)=O)O2)c1. The Morgan fingerprint density at radius 1 is 0.564 bits per heavy atom. The molecular formula is C47H82O7S. The summed E-state index contributed by atoms with van der Waals surface area (Å²) in [4.78, 5) is 0. The van der Waals surface area contributed by atoms with Gasteiger partial charge in [-0.05, 0) is 76.3 Å². The Morgan fingerprint density at radius 2 is 0.945 bits per heavy atom. The molecule has 1 aromatic carbocycles. The zero-order valence-electron chi connectivity index (χ0n) is 35.6. The molecule has 2 rings (SSSR count). The lowest BCUT2D eigenvalue weighted by Crippen LogP contribution is -2.20. The quantitative estimate of drug-likeness (QED) is 0.0375. The smallest absolute Gasteiger partial charge is 0.264 e. The van der Waals surface area contributed by atoms with Crippen molar-refractivity contribution in [2.24, 2.45) is 0 Å². The van der Waals surface area contributed by atoms with Crippen LogP contribution in [0.25, 0.3) is 0 Å². The molecule has 1 aliphatic heterocycles. The van der Waals surface area contributed by atoms with Crippen LogP contribution in [0.2, 0.25) is 0 Å². The van der Waals surface area contributed by atoms with E-state index in [0.29, 0.717) is 13.2 Å². The first-order chi connectivity index (χ1) is 26.9. The fourth-order valence-corrected chi connectivity index (χ4v) is 7.28. The number of ether oxygens (including phenoxy) is 4. The lowest BCUT2D eigenvalue weighted by Gasteiger charge is -2.16. The van der Waals surface area contributed by atoms with E-state index >= 15 is 0 Å². The molecule has 0 amide bonds. The van der Waals surface area contributed by atoms with Crippen LogP contribution in [-0.4, -0.2) is 47.2 Å². The Hall–Kier alpha value is -1.87. The molecule has 318 valence electrons. The number of unbranched alkanes of at least 4 members (excludes halogenated alkanes) is 24. The molecular weight excluding hydrogens is 709 g/mol. The number of allylic oxidation sites excluding steroid dienone is 4. The normalized spacial score (nSPS) is 16.2. The second-order valence-corrected chi connectivity index (χ2v) is 17.4. The van der Waals surface area contributed by atoms with Crippen LogP contribution in [0.3, 0.4) is 0 Å². The molecule has 1 aromatic rings. The summed E-state index contributed by atoms with van der Waals surface area (Å²) in [5.74, 6) is 1.48. The standard InChI is InChI=1S/C47H82O7S/c1-4-6-8-10-12-14-16-18-20-22-24-26-28-30-32-34-36-50-44-38-43(47-52-41-46(54-47)42-53-55(3,48)49)39-45(40-44)51-37-35-33-31-29-27-25-23-21-19-17-15-13-11-9-7-5-2/h18-21,38-40,46-47H,4-17,22-37,41-42H2,1-3H3/b20-18-,21-19-. The molecule has 1 fully saturated rings. The van der Waals surface area contributed by atoms with Crippen molar-refractivity contribution in [2.45, 2.75) is 206 Å². The third kappa shape index (κ3) is 29.1. The summed E-state index contributed by atoms with van der Waals surface area (Å²) < 4.78 is 52.2. The summed E-state index contributed by atoms with van der Waals surface area (Å²) in [6.07, 6.45) is 45.3. The largest absolute Gasteiger partial charge is 0.493 e. The van der Waals surface area contributed by atoms with E-state index in [1.807, 2.05) is 18.2 Å². The minimum Gasteiger partial charge on any atom is -0.493 e. The summed E-state index contributed by atoms with van der Waals surface area (Å²) >= 11 is 0. The van der Waals surface area contributed by atoms with Crippen LogP contribution in [0.5, 0.6) is 11.5 Å². The fraction of sp³-hybridized carbons (Fsp3) is 0.787. The Labute approximate surface area is 338 Å². The Bertz CT molecular complexity index is 1140. The topological polar surface area (TPSA) is 80.3 Å². The van der Waals surface area contributed by atoms with E-state index in [1.165, 1.54) is 154 Å². The Kier molecular flexibility index (Phi) is 30.6. The lowest BCUT2D eigenvalue weighted by molar-refractivity contribution is -0.0658. The first-order valence-corrected chi connectivity index (χ1v) is 24.5. The maximum absolute atomic E-state index is 11.5. The van der Waals surface area contributed by atoms with Gasteiger partial charge in [-0.25, -0.2) is 0 Å². The van der Waals surface area contributed by atoms with Crippen LogP contribution in [0, 0.1) is 0 Å². The number of benzene rings is 1. The Balaban J connectivity index is 1.65. The minimum absolute atomic E-state index is 0.0687. The molecule has 1 aliphatic rings. The van der Waals surface area contributed by atoms with Gasteiger partial charge >= 0.3 is 0 Å². The molecule has 0 radical (unpaired) electrons. The monoisotopic (exact) mass is 791 g/mol. The van der Waals surface area contributed by atoms with Crippen molar-refractivity contribution in [3.05, 3.63) is 48.1 Å². The van der Waals surface area contributed by atoms with Crippen molar-refractivity contribution in [1.82, 2.24) is 0 Å². The summed E-state index contributed by atoms with van der Waals surface area (Å²) in [5.41, 5.74) is 0.802. The highest BCUT2D eigenvalue weighted by Gasteiger charge is 2.29. The van der Waals surface area contributed by atoms with Crippen LogP contribution in [0.15, 0.2) is 42.5 Å². The van der Waals surface area contributed by atoms with Gasteiger partial charge in [-0.3, -0.25) is 4.18 Å². The molecule has 0 spiro atoms. The summed E-state index contributed by atoms with van der Waals surface area (Å²) in [6, 6.07) is 5.85. The molecule has 8 heteroatoms. The van der Waals surface area contributed by atoms with Crippen LogP contribution in [0.4, 0.5) is 0 Å². The van der Waals surface area contributed by atoms with Crippen LogP contribution >= 0.6 is 0 Å². The predicted molar refractivity (Wildman–Crippen MR) is 231 cm³/mol. The molecule has 0 bridgehead atoms. The van der Waals surface area contributed by atoms with Gasteiger partial charge in [-0.15, -0.1) is 0 Å². The number of hydrogen-bond donors (Lipinski definition) is 0. The lowest BCUT2D eigenvalue weighted by atomic mass is 10.1. The van der Waals surface area contributed by atoms with Crippen molar-refractivity contribution < 1.29 is 31.5 Å². The van der Waals surface area contributed by atoms with Crippen molar-refractivity contribution >= 4 is 10.1 Å². The third-order valence-electron chi connectivity index (χ3n) is 10.2. The van der Waals surface area contributed by atoms with Gasteiger partial charge < -0.3 is 18.9 Å². The first kappa shape index (κ1) is 49.3. The van der Waals surface area contributed by atoms with Gasteiger partial charge in [0.05, 0.1) is 32.7 Å².